The molecule has 0 aromatic heterocycles. The molecule has 0 aliphatic carbocycles. The van der Waals surface area contributed by atoms with Crippen molar-refractivity contribution in [3.8, 4) is 5.75 Å². The van der Waals surface area contributed by atoms with Crippen molar-refractivity contribution in [1.82, 2.24) is 0 Å². The second kappa shape index (κ2) is 8.39. The summed E-state index contributed by atoms with van der Waals surface area (Å²) in [6, 6.07) is 15.5. The van der Waals surface area contributed by atoms with E-state index in [4.69, 9.17) is 4.74 Å². The molecule has 0 spiro atoms. The Morgan fingerprint density at radius 3 is 2.32 bits per heavy atom. The lowest BCUT2D eigenvalue weighted by Crippen LogP contribution is -2.30. The zero-order chi connectivity index (χ0) is 17.6. The Kier molecular flexibility index (Phi) is 5.97. The number of halogens is 1. The first-order valence-corrected chi connectivity index (χ1v) is 9.49. The summed E-state index contributed by atoms with van der Waals surface area (Å²) < 4.78 is 6.66. The van der Waals surface area contributed by atoms with Crippen LogP contribution < -0.4 is 15.0 Å². The molecule has 1 amide bonds. The van der Waals surface area contributed by atoms with Crippen molar-refractivity contribution in [2.75, 3.05) is 23.3 Å². The molecule has 2 aromatic carbocycles. The van der Waals surface area contributed by atoms with Crippen molar-refractivity contribution in [3.05, 3.63) is 53.0 Å². The fourth-order valence-corrected chi connectivity index (χ4v) is 3.19. The van der Waals surface area contributed by atoms with E-state index in [2.05, 4.69) is 38.3 Å². The predicted octanol–water partition coefficient (Wildman–Crippen LogP) is 4.85. The second-order valence-corrected chi connectivity index (χ2v) is 7.21. The molecule has 4 nitrogen and oxygen atoms in total. The number of amides is 1. The van der Waals surface area contributed by atoms with Crippen LogP contribution in [0.1, 0.15) is 26.2 Å². The fourth-order valence-electron chi connectivity index (χ4n) is 2.92. The number of nitrogens with one attached hydrogen (secondary N) is 1. The maximum Gasteiger partial charge on any atom is 0.265 e. The first-order chi connectivity index (χ1) is 12.1. The van der Waals surface area contributed by atoms with Crippen molar-refractivity contribution in [1.29, 1.82) is 0 Å². The molecule has 0 radical (unpaired) electrons. The maximum atomic E-state index is 12.3. The highest BCUT2D eigenvalue weighted by molar-refractivity contribution is 9.10. The third-order valence-electron chi connectivity index (χ3n) is 4.35. The predicted molar refractivity (Wildman–Crippen MR) is 105 cm³/mol. The molecule has 0 bridgehead atoms. The molecule has 1 aliphatic heterocycles. The van der Waals surface area contributed by atoms with E-state index < -0.39 is 6.10 Å². The van der Waals surface area contributed by atoms with Crippen LogP contribution in [-0.4, -0.2) is 25.1 Å². The summed E-state index contributed by atoms with van der Waals surface area (Å²) in [5, 5.41) is 2.91. The van der Waals surface area contributed by atoms with Crippen LogP contribution in [0.3, 0.4) is 0 Å². The molecule has 1 saturated heterocycles. The quantitative estimate of drug-likeness (QED) is 0.777. The number of carbonyl (C=O) groups excluding carboxylic acids is 1. The number of hydrogen-bond donors (Lipinski definition) is 1. The number of rotatable bonds is 5. The zero-order valence-corrected chi connectivity index (χ0v) is 16.0. The summed E-state index contributed by atoms with van der Waals surface area (Å²) in [6.45, 7) is 3.98. The van der Waals surface area contributed by atoms with Crippen LogP contribution >= 0.6 is 15.9 Å². The minimum Gasteiger partial charge on any atom is -0.481 e. The summed E-state index contributed by atoms with van der Waals surface area (Å²) >= 11 is 3.38. The van der Waals surface area contributed by atoms with Gasteiger partial charge in [-0.05, 0) is 74.7 Å². The van der Waals surface area contributed by atoms with Gasteiger partial charge in [0.25, 0.3) is 5.91 Å². The van der Waals surface area contributed by atoms with Crippen molar-refractivity contribution >= 4 is 33.2 Å². The zero-order valence-electron chi connectivity index (χ0n) is 14.4. The number of anilines is 2. The van der Waals surface area contributed by atoms with Crippen LogP contribution in [0.2, 0.25) is 0 Å². The van der Waals surface area contributed by atoms with E-state index in [-0.39, 0.29) is 5.91 Å². The molecule has 1 N–H and O–H groups in total. The average Bonchev–Trinajstić information content (AvgIpc) is 2.65. The van der Waals surface area contributed by atoms with Crippen LogP contribution in [0.4, 0.5) is 11.4 Å². The molecule has 0 unspecified atom stereocenters. The van der Waals surface area contributed by atoms with E-state index in [1.807, 2.05) is 36.4 Å². The van der Waals surface area contributed by atoms with Crippen LogP contribution in [-0.2, 0) is 4.79 Å². The van der Waals surface area contributed by atoms with E-state index in [1.165, 1.54) is 24.9 Å². The number of benzene rings is 2. The van der Waals surface area contributed by atoms with E-state index in [1.54, 1.807) is 6.92 Å². The van der Waals surface area contributed by atoms with E-state index >= 15 is 0 Å². The molecule has 132 valence electrons. The van der Waals surface area contributed by atoms with Gasteiger partial charge in [-0.15, -0.1) is 0 Å². The topological polar surface area (TPSA) is 41.6 Å². The van der Waals surface area contributed by atoms with Gasteiger partial charge in [0.1, 0.15) is 5.75 Å². The summed E-state index contributed by atoms with van der Waals surface area (Å²) in [5.74, 6) is 0.514. The van der Waals surface area contributed by atoms with Crippen LogP contribution in [0.15, 0.2) is 53.0 Å². The Labute approximate surface area is 157 Å². The molecule has 25 heavy (non-hydrogen) atoms. The fraction of sp³-hybridized carbons (Fsp3) is 0.350. The third kappa shape index (κ3) is 4.98. The summed E-state index contributed by atoms with van der Waals surface area (Å²) in [5.41, 5.74) is 2.01. The van der Waals surface area contributed by atoms with Gasteiger partial charge in [-0.3, -0.25) is 4.79 Å². The largest absolute Gasteiger partial charge is 0.481 e. The van der Waals surface area contributed by atoms with E-state index in [9.17, 15) is 4.79 Å². The molecular weight excluding hydrogens is 380 g/mol. The Morgan fingerprint density at radius 1 is 1.04 bits per heavy atom. The molecule has 1 fully saturated rings. The molecule has 3 rings (SSSR count). The van der Waals surface area contributed by atoms with Crippen molar-refractivity contribution in [3.63, 3.8) is 0 Å². The lowest BCUT2D eigenvalue weighted by atomic mass is 10.1. The number of nitrogens with zero attached hydrogens (tertiary/aromatic N) is 1. The van der Waals surface area contributed by atoms with Gasteiger partial charge in [0.2, 0.25) is 0 Å². The molecule has 5 heteroatoms. The van der Waals surface area contributed by atoms with Crippen molar-refractivity contribution in [2.45, 2.75) is 32.3 Å². The summed E-state index contributed by atoms with van der Waals surface area (Å²) in [7, 11) is 0. The number of piperidine rings is 1. The van der Waals surface area contributed by atoms with E-state index in [0.29, 0.717) is 5.75 Å². The molecule has 1 aliphatic rings. The second-order valence-electron chi connectivity index (χ2n) is 6.30. The van der Waals surface area contributed by atoms with Gasteiger partial charge >= 0.3 is 0 Å². The maximum absolute atomic E-state index is 12.3. The Balaban J connectivity index is 1.55. The van der Waals surface area contributed by atoms with Gasteiger partial charge < -0.3 is 15.0 Å². The normalized spacial score (nSPS) is 15.5. The molecule has 1 heterocycles. The summed E-state index contributed by atoms with van der Waals surface area (Å²) in [6.07, 6.45) is 3.26. The van der Waals surface area contributed by atoms with Gasteiger partial charge in [0.05, 0.1) is 0 Å². The highest BCUT2D eigenvalue weighted by Crippen LogP contribution is 2.22. The lowest BCUT2D eigenvalue weighted by molar-refractivity contribution is -0.122. The first-order valence-electron chi connectivity index (χ1n) is 8.70. The van der Waals surface area contributed by atoms with Gasteiger partial charge in [0, 0.05) is 28.9 Å². The summed E-state index contributed by atoms with van der Waals surface area (Å²) in [4.78, 5) is 14.7. The minimum atomic E-state index is -0.567. The average molecular weight is 403 g/mol. The van der Waals surface area contributed by atoms with Crippen molar-refractivity contribution in [2.24, 2.45) is 0 Å². The van der Waals surface area contributed by atoms with Gasteiger partial charge in [-0.2, -0.15) is 0 Å². The molecule has 2 aromatic rings. The highest BCUT2D eigenvalue weighted by atomic mass is 79.9. The number of carbonyl (C=O) groups is 1. The van der Waals surface area contributed by atoms with Gasteiger partial charge in [-0.1, -0.05) is 15.9 Å². The van der Waals surface area contributed by atoms with Crippen LogP contribution in [0.25, 0.3) is 0 Å². The molecular formula is C20H23BrN2O2. The van der Waals surface area contributed by atoms with Crippen LogP contribution in [0.5, 0.6) is 5.75 Å². The SMILES string of the molecule is C[C@H](Oc1ccc(Br)cc1)C(=O)Nc1ccc(N2CCCCC2)cc1. The number of hydrogen-bond acceptors (Lipinski definition) is 3. The molecule has 0 saturated carbocycles. The minimum absolute atomic E-state index is 0.159. The first kappa shape index (κ1) is 17.8. The van der Waals surface area contributed by atoms with Crippen LogP contribution in [0, 0.1) is 0 Å². The van der Waals surface area contributed by atoms with Gasteiger partial charge in [-0.25, -0.2) is 0 Å². The van der Waals surface area contributed by atoms with E-state index in [0.717, 1.165) is 23.2 Å². The Bertz CT molecular complexity index is 695. The third-order valence-corrected chi connectivity index (χ3v) is 4.88. The Morgan fingerprint density at radius 2 is 1.68 bits per heavy atom. The monoisotopic (exact) mass is 402 g/mol. The number of ether oxygens (including phenoxy) is 1. The highest BCUT2D eigenvalue weighted by Gasteiger charge is 2.15. The van der Waals surface area contributed by atoms with Gasteiger partial charge in [0.15, 0.2) is 6.10 Å². The smallest absolute Gasteiger partial charge is 0.265 e. The van der Waals surface area contributed by atoms with Crippen molar-refractivity contribution < 1.29 is 9.53 Å². The lowest BCUT2D eigenvalue weighted by Gasteiger charge is -2.28. The Hall–Kier alpha value is -2.01. The molecule has 1 atom stereocenters. The standard InChI is InChI=1S/C20H23BrN2O2/c1-15(25-19-11-5-16(21)6-12-19)20(24)22-17-7-9-18(10-8-17)23-13-3-2-4-14-23/h5-12,15H,2-4,13-14H2,1H3,(H,22,24)/t15-/m0/s1.